The zero-order valence-corrected chi connectivity index (χ0v) is 12.7. The summed E-state index contributed by atoms with van der Waals surface area (Å²) < 4.78 is 9.93. The lowest BCUT2D eigenvalue weighted by Gasteiger charge is -2.22. The molecule has 0 unspecified atom stereocenters. The number of hydrogen-bond donors (Lipinski definition) is 1. The summed E-state index contributed by atoms with van der Waals surface area (Å²) in [5.41, 5.74) is 2.32. The van der Waals surface area contributed by atoms with Gasteiger partial charge in [-0.15, -0.1) is 0 Å². The van der Waals surface area contributed by atoms with Crippen molar-refractivity contribution in [3.63, 3.8) is 0 Å². The van der Waals surface area contributed by atoms with Gasteiger partial charge < -0.3 is 14.6 Å². The van der Waals surface area contributed by atoms with E-state index in [1.807, 2.05) is 0 Å². The number of halogens is 1. The van der Waals surface area contributed by atoms with E-state index in [-0.39, 0.29) is 10.8 Å². The van der Waals surface area contributed by atoms with E-state index in [4.69, 9.17) is 16.3 Å². The third kappa shape index (κ3) is 3.22. The first-order chi connectivity index (χ1) is 10.1. The normalized spacial score (nSPS) is 14.0. The highest BCUT2D eigenvalue weighted by atomic mass is 35.5. The Kier molecular flexibility index (Phi) is 4.91. The number of carbonyl (C=O) groups excluding carboxylic acids is 1. The second-order valence-corrected chi connectivity index (χ2v) is 5.09. The van der Waals surface area contributed by atoms with Crippen molar-refractivity contribution >= 4 is 29.4 Å². The fraction of sp³-hybridized carbons (Fsp3) is 0.312. The molecule has 0 amide bonds. The monoisotopic (exact) mass is 308 g/mol. The minimum atomic E-state index is -0.497. The van der Waals surface area contributed by atoms with Crippen LogP contribution >= 0.6 is 11.6 Å². The number of rotatable bonds is 4. The summed E-state index contributed by atoms with van der Waals surface area (Å²) in [6, 6.07) is 3.47. The lowest BCUT2D eigenvalue weighted by atomic mass is 9.89. The summed E-state index contributed by atoms with van der Waals surface area (Å²) >= 11 is 6.23. The second-order valence-electron chi connectivity index (χ2n) is 4.71. The third-order valence-electron chi connectivity index (χ3n) is 3.47. The number of allylic oxidation sites excluding steroid dienone is 1. The quantitative estimate of drug-likeness (QED) is 0.522. The van der Waals surface area contributed by atoms with E-state index in [1.54, 1.807) is 19.2 Å². The largest absolute Gasteiger partial charge is 0.506 e. The summed E-state index contributed by atoms with van der Waals surface area (Å²) in [5, 5.41) is 10.4. The molecule has 1 aromatic rings. The van der Waals surface area contributed by atoms with E-state index in [0.29, 0.717) is 11.1 Å². The molecule has 21 heavy (non-hydrogen) atoms. The Morgan fingerprint density at radius 2 is 2.00 bits per heavy atom. The van der Waals surface area contributed by atoms with Gasteiger partial charge in [-0.3, -0.25) is 0 Å². The molecule has 0 aromatic heterocycles. The van der Waals surface area contributed by atoms with Crippen LogP contribution in [0.5, 0.6) is 5.75 Å². The predicted octanol–water partition coefficient (Wildman–Crippen LogP) is 3.77. The lowest BCUT2D eigenvalue weighted by Crippen LogP contribution is -2.03. The Balaban J connectivity index is 2.38. The molecule has 0 aliphatic heterocycles. The van der Waals surface area contributed by atoms with E-state index in [9.17, 15) is 9.90 Å². The minimum Gasteiger partial charge on any atom is -0.506 e. The number of carbonyl (C=O) groups is 1. The first-order valence-corrected chi connectivity index (χ1v) is 7.00. The standard InChI is InChI=1S/C16H17ClO4/c1-20-13(18)9-7-10-6-8-12(14(17)15(10)19)16(21-2)11-4-3-5-11/h6-9,19H,3-5H2,1-2H3/b9-7+. The smallest absolute Gasteiger partial charge is 0.330 e. The maximum absolute atomic E-state index is 11.1. The molecular formula is C16H17ClO4. The number of phenolic OH excluding ortho intramolecular Hbond substituents is 1. The van der Waals surface area contributed by atoms with Gasteiger partial charge in [-0.1, -0.05) is 17.7 Å². The van der Waals surface area contributed by atoms with Crippen molar-refractivity contribution < 1.29 is 19.4 Å². The molecular weight excluding hydrogens is 292 g/mol. The van der Waals surface area contributed by atoms with Crippen molar-refractivity contribution in [2.75, 3.05) is 14.2 Å². The Labute approximate surface area is 128 Å². The van der Waals surface area contributed by atoms with Crippen LogP contribution in [0.4, 0.5) is 0 Å². The molecule has 1 saturated carbocycles. The Bertz CT molecular complexity index is 611. The van der Waals surface area contributed by atoms with Crippen molar-refractivity contribution in [2.45, 2.75) is 19.3 Å². The molecule has 0 saturated heterocycles. The summed E-state index contributed by atoms with van der Waals surface area (Å²) in [4.78, 5) is 11.1. The van der Waals surface area contributed by atoms with E-state index in [0.717, 1.165) is 25.0 Å². The average molecular weight is 309 g/mol. The fourth-order valence-electron chi connectivity index (χ4n) is 2.14. The Morgan fingerprint density at radius 3 is 2.52 bits per heavy atom. The van der Waals surface area contributed by atoms with Gasteiger partial charge in [0.25, 0.3) is 0 Å². The number of aromatic hydroxyl groups is 1. The number of methoxy groups -OCH3 is 2. The maximum atomic E-state index is 11.1. The molecule has 0 heterocycles. The number of ether oxygens (including phenoxy) is 2. The molecule has 1 aliphatic carbocycles. The average Bonchev–Trinajstić information content (AvgIpc) is 2.44. The number of hydrogen-bond acceptors (Lipinski definition) is 4. The predicted molar refractivity (Wildman–Crippen MR) is 81.9 cm³/mol. The van der Waals surface area contributed by atoms with Gasteiger partial charge in [-0.2, -0.15) is 0 Å². The highest BCUT2D eigenvalue weighted by Gasteiger charge is 2.20. The van der Waals surface area contributed by atoms with Gasteiger partial charge in [-0.05, 0) is 37.0 Å². The summed E-state index contributed by atoms with van der Waals surface area (Å²) in [5.74, 6) is 0.151. The summed E-state index contributed by atoms with van der Waals surface area (Å²) in [7, 11) is 2.89. The number of benzene rings is 1. The zero-order chi connectivity index (χ0) is 15.4. The van der Waals surface area contributed by atoms with Crippen molar-refractivity contribution in [1.29, 1.82) is 0 Å². The van der Waals surface area contributed by atoms with E-state index < -0.39 is 5.97 Å². The summed E-state index contributed by atoms with van der Waals surface area (Å²) in [6.45, 7) is 0. The van der Waals surface area contributed by atoms with E-state index in [2.05, 4.69) is 4.74 Å². The van der Waals surface area contributed by atoms with Gasteiger partial charge in [0.05, 0.1) is 19.2 Å². The topological polar surface area (TPSA) is 55.8 Å². The maximum Gasteiger partial charge on any atom is 0.330 e. The highest BCUT2D eigenvalue weighted by Crippen LogP contribution is 2.40. The molecule has 4 nitrogen and oxygen atoms in total. The van der Waals surface area contributed by atoms with Crippen molar-refractivity contribution in [2.24, 2.45) is 0 Å². The van der Waals surface area contributed by atoms with Crippen molar-refractivity contribution in [3.05, 3.63) is 39.9 Å². The van der Waals surface area contributed by atoms with E-state index >= 15 is 0 Å². The molecule has 0 spiro atoms. The molecule has 0 bridgehead atoms. The third-order valence-corrected chi connectivity index (χ3v) is 3.86. The van der Waals surface area contributed by atoms with E-state index in [1.165, 1.54) is 24.8 Å². The van der Waals surface area contributed by atoms with Crippen LogP contribution in [0.3, 0.4) is 0 Å². The SMILES string of the molecule is COC(=O)/C=C/c1ccc(C(OC)=C2CCC2)c(Cl)c1O. The van der Waals surface area contributed by atoms with Gasteiger partial charge in [0, 0.05) is 17.2 Å². The molecule has 1 aliphatic rings. The highest BCUT2D eigenvalue weighted by molar-refractivity contribution is 6.34. The number of phenols is 1. The van der Waals surface area contributed by atoms with Crippen LogP contribution in [-0.4, -0.2) is 25.3 Å². The molecule has 1 N–H and O–H groups in total. The molecule has 112 valence electrons. The van der Waals surface area contributed by atoms with Crippen LogP contribution in [0.1, 0.15) is 30.4 Å². The van der Waals surface area contributed by atoms with Gasteiger partial charge in [0.2, 0.25) is 0 Å². The number of esters is 1. The molecule has 5 heteroatoms. The summed E-state index contributed by atoms with van der Waals surface area (Å²) in [6.07, 6.45) is 5.81. The minimum absolute atomic E-state index is 0.0798. The first kappa shape index (κ1) is 15.4. The first-order valence-electron chi connectivity index (χ1n) is 6.62. The van der Waals surface area contributed by atoms with Crippen molar-refractivity contribution in [3.8, 4) is 5.75 Å². The van der Waals surface area contributed by atoms with Crippen LogP contribution in [0.15, 0.2) is 23.8 Å². The fourth-order valence-corrected chi connectivity index (χ4v) is 2.40. The Morgan fingerprint density at radius 1 is 1.29 bits per heavy atom. The molecule has 1 aromatic carbocycles. The van der Waals surface area contributed by atoms with Crippen LogP contribution in [0.25, 0.3) is 11.8 Å². The van der Waals surface area contributed by atoms with Gasteiger partial charge in [-0.25, -0.2) is 4.79 Å². The van der Waals surface area contributed by atoms with Gasteiger partial charge in [0.1, 0.15) is 11.5 Å². The van der Waals surface area contributed by atoms with Crippen LogP contribution < -0.4 is 0 Å². The molecule has 1 fully saturated rings. The van der Waals surface area contributed by atoms with Crippen LogP contribution in [0, 0.1) is 0 Å². The van der Waals surface area contributed by atoms with Gasteiger partial charge in [0.15, 0.2) is 0 Å². The van der Waals surface area contributed by atoms with Crippen molar-refractivity contribution in [1.82, 2.24) is 0 Å². The van der Waals surface area contributed by atoms with Crippen LogP contribution in [-0.2, 0) is 14.3 Å². The molecule has 0 atom stereocenters. The lowest BCUT2D eigenvalue weighted by molar-refractivity contribution is -0.134. The molecule has 2 rings (SSSR count). The zero-order valence-electron chi connectivity index (χ0n) is 12.0. The second kappa shape index (κ2) is 6.68. The van der Waals surface area contributed by atoms with Crippen LogP contribution in [0.2, 0.25) is 5.02 Å². The Hall–Kier alpha value is -1.94. The van der Waals surface area contributed by atoms with Gasteiger partial charge >= 0.3 is 5.97 Å². The molecule has 0 radical (unpaired) electrons.